The lowest BCUT2D eigenvalue weighted by molar-refractivity contribution is -0.137. The molecule has 166 valence electrons. The highest BCUT2D eigenvalue weighted by atomic mass is 32.1. The number of hydrogen-bond acceptors (Lipinski definition) is 6. The van der Waals surface area contributed by atoms with Crippen LogP contribution in [0.4, 0.5) is 0 Å². The highest BCUT2D eigenvalue weighted by Gasteiger charge is 2.39. The summed E-state index contributed by atoms with van der Waals surface area (Å²) in [7, 11) is 0. The molecule has 4 rings (SSSR count). The number of fused-ring (bicyclic) bond motifs is 1. The van der Waals surface area contributed by atoms with Gasteiger partial charge in [0.2, 0.25) is 11.8 Å². The lowest BCUT2D eigenvalue weighted by atomic mass is 10.0. The van der Waals surface area contributed by atoms with Gasteiger partial charge < -0.3 is 10.2 Å². The van der Waals surface area contributed by atoms with E-state index in [-0.39, 0.29) is 31.3 Å². The van der Waals surface area contributed by atoms with Crippen LogP contribution in [0.5, 0.6) is 0 Å². The van der Waals surface area contributed by atoms with Crippen molar-refractivity contribution in [1.29, 1.82) is 0 Å². The lowest BCUT2D eigenvalue weighted by Crippen LogP contribution is -2.52. The topological polar surface area (TPSA) is 113 Å². The van der Waals surface area contributed by atoms with Crippen LogP contribution in [0, 0.1) is 0 Å². The maximum absolute atomic E-state index is 12.7. The molecule has 0 radical (unpaired) electrons. The number of carbonyl (C=O) groups excluding carboxylic acids is 5. The van der Waals surface area contributed by atoms with Crippen molar-refractivity contribution in [2.24, 2.45) is 0 Å². The second kappa shape index (κ2) is 8.66. The van der Waals surface area contributed by atoms with Gasteiger partial charge in [0.1, 0.15) is 6.04 Å². The van der Waals surface area contributed by atoms with Crippen molar-refractivity contribution in [1.82, 2.24) is 15.5 Å². The third-order valence-corrected chi connectivity index (χ3v) is 7.05. The Hall–Kier alpha value is -3.33. The Kier molecular flexibility index (Phi) is 5.92. The molecule has 1 atom stereocenters. The number of amides is 4. The minimum Gasteiger partial charge on any atom is -0.345 e. The summed E-state index contributed by atoms with van der Waals surface area (Å²) in [6.45, 7) is 4.46. The minimum absolute atomic E-state index is 0.146. The van der Waals surface area contributed by atoms with Gasteiger partial charge in [0.05, 0.1) is 4.88 Å². The van der Waals surface area contributed by atoms with E-state index in [2.05, 4.69) is 10.6 Å². The average Bonchev–Trinajstić information content (AvgIpc) is 3.37. The molecule has 0 aliphatic carbocycles. The first-order valence-corrected chi connectivity index (χ1v) is 11.2. The van der Waals surface area contributed by atoms with E-state index in [0.717, 1.165) is 16.0 Å². The quantitative estimate of drug-likeness (QED) is 0.395. The molecule has 2 aromatic rings. The fraction of sp³-hybridized carbons (Fsp3) is 0.348. The maximum Gasteiger partial charge on any atom is 0.293 e. The predicted octanol–water partition coefficient (Wildman–Crippen LogP) is 2.13. The second-order valence-corrected chi connectivity index (χ2v) is 9.38. The van der Waals surface area contributed by atoms with Crippen molar-refractivity contribution in [3.8, 4) is 0 Å². The van der Waals surface area contributed by atoms with Crippen LogP contribution in [0.2, 0.25) is 0 Å². The Balaban J connectivity index is 1.39. The van der Waals surface area contributed by atoms with Gasteiger partial charge in [0.25, 0.3) is 17.6 Å². The number of piperidine rings is 1. The molecule has 32 heavy (non-hydrogen) atoms. The third-order valence-electron chi connectivity index (χ3n) is 5.67. The van der Waals surface area contributed by atoms with E-state index in [0.29, 0.717) is 22.8 Å². The van der Waals surface area contributed by atoms with Crippen LogP contribution >= 0.6 is 11.3 Å². The normalized spacial score (nSPS) is 18.0. The highest BCUT2D eigenvalue weighted by Crippen LogP contribution is 2.28. The Morgan fingerprint density at radius 1 is 1.19 bits per heavy atom. The summed E-state index contributed by atoms with van der Waals surface area (Å²) in [5.74, 6) is -1.99. The van der Waals surface area contributed by atoms with Gasteiger partial charge in [-0.15, -0.1) is 11.3 Å². The van der Waals surface area contributed by atoms with Crippen molar-refractivity contribution in [2.45, 2.75) is 51.7 Å². The Labute approximate surface area is 189 Å². The zero-order valence-corrected chi connectivity index (χ0v) is 18.6. The monoisotopic (exact) mass is 453 g/mol. The summed E-state index contributed by atoms with van der Waals surface area (Å²) >= 11 is 1.32. The molecule has 9 heteroatoms. The molecule has 1 aromatic carbocycles. The molecule has 2 aliphatic rings. The predicted molar refractivity (Wildman–Crippen MR) is 117 cm³/mol. The van der Waals surface area contributed by atoms with Crippen molar-refractivity contribution in [3.05, 3.63) is 56.8 Å². The van der Waals surface area contributed by atoms with Gasteiger partial charge in [-0.2, -0.15) is 0 Å². The second-order valence-electron chi connectivity index (χ2n) is 8.26. The highest BCUT2D eigenvalue weighted by molar-refractivity contribution is 7.15. The molecule has 3 heterocycles. The molecule has 1 saturated heterocycles. The van der Waals surface area contributed by atoms with E-state index in [1.807, 2.05) is 19.9 Å². The first kappa shape index (κ1) is 21.9. The number of rotatable bonds is 6. The minimum atomic E-state index is -0.677. The van der Waals surface area contributed by atoms with E-state index >= 15 is 0 Å². The van der Waals surface area contributed by atoms with Crippen LogP contribution < -0.4 is 10.6 Å². The molecule has 2 aliphatic heterocycles. The fourth-order valence-corrected chi connectivity index (χ4v) is 4.84. The number of thiophene rings is 1. The molecule has 4 amide bonds. The Morgan fingerprint density at radius 3 is 2.66 bits per heavy atom. The number of ketones is 1. The van der Waals surface area contributed by atoms with Gasteiger partial charge in [0.15, 0.2) is 0 Å². The molecule has 0 bridgehead atoms. The first-order valence-electron chi connectivity index (χ1n) is 10.4. The van der Waals surface area contributed by atoms with Crippen LogP contribution in [-0.4, -0.2) is 40.4 Å². The first-order chi connectivity index (χ1) is 15.2. The maximum atomic E-state index is 12.7. The summed E-state index contributed by atoms with van der Waals surface area (Å²) in [6.07, 6.45) is 0.501. The molecular formula is C23H23N3O5S. The van der Waals surface area contributed by atoms with E-state index in [9.17, 15) is 24.0 Å². The average molecular weight is 454 g/mol. The summed E-state index contributed by atoms with van der Waals surface area (Å²) < 4.78 is 0. The van der Waals surface area contributed by atoms with Crippen LogP contribution in [-0.2, 0) is 27.5 Å². The van der Waals surface area contributed by atoms with E-state index in [4.69, 9.17) is 0 Å². The summed E-state index contributed by atoms with van der Waals surface area (Å²) in [5, 5.41) is 4.92. The number of benzene rings is 1. The number of Topliss-reactive ketones (excluding diaryl/α,β-unsaturated/α-hetero) is 1. The van der Waals surface area contributed by atoms with Gasteiger partial charge in [-0.25, -0.2) is 0 Å². The van der Waals surface area contributed by atoms with Crippen molar-refractivity contribution < 1.29 is 24.0 Å². The number of carbonyl (C=O) groups is 5. The number of imide groups is 1. The van der Waals surface area contributed by atoms with Crippen LogP contribution in [0.25, 0.3) is 0 Å². The zero-order chi connectivity index (χ0) is 23.0. The van der Waals surface area contributed by atoms with Crippen LogP contribution in [0.15, 0.2) is 30.3 Å². The smallest absolute Gasteiger partial charge is 0.293 e. The van der Waals surface area contributed by atoms with Gasteiger partial charge in [0, 0.05) is 30.0 Å². The molecule has 2 N–H and O–H groups in total. The van der Waals surface area contributed by atoms with Crippen molar-refractivity contribution in [2.75, 3.05) is 0 Å². The molecule has 1 aromatic heterocycles. The van der Waals surface area contributed by atoms with Gasteiger partial charge >= 0.3 is 0 Å². The van der Waals surface area contributed by atoms with Gasteiger partial charge in [-0.05, 0) is 41.7 Å². The largest absolute Gasteiger partial charge is 0.345 e. The third kappa shape index (κ3) is 4.20. The summed E-state index contributed by atoms with van der Waals surface area (Å²) in [4.78, 5) is 63.9. The molecule has 0 spiro atoms. The SMILES string of the molecule is CC(C)c1ccc(C(=O)C(=O)NCc2ccc3c(c2)CN(C2CCC(=O)NC2=O)C3=O)s1. The van der Waals surface area contributed by atoms with Gasteiger partial charge in [-0.3, -0.25) is 29.3 Å². The molecule has 1 unspecified atom stereocenters. The van der Waals surface area contributed by atoms with Crippen LogP contribution in [0.1, 0.15) is 68.6 Å². The standard InChI is InChI=1S/C23H23N3O5S/c1-12(2)17-6-7-18(32-17)20(28)22(30)24-10-13-3-4-15-14(9-13)11-26(23(15)31)16-5-8-19(27)25-21(16)29/h3-4,6-7,9,12,16H,5,8,10-11H2,1-2H3,(H,24,30)(H,25,27,29). The molecular weight excluding hydrogens is 430 g/mol. The fourth-order valence-electron chi connectivity index (χ4n) is 3.90. The van der Waals surface area contributed by atoms with E-state index in [1.165, 1.54) is 16.2 Å². The summed E-state index contributed by atoms with van der Waals surface area (Å²) in [6, 6.07) is 8.05. The lowest BCUT2D eigenvalue weighted by Gasteiger charge is -2.29. The Bertz CT molecular complexity index is 1140. The summed E-state index contributed by atoms with van der Waals surface area (Å²) in [5.41, 5.74) is 2.00. The van der Waals surface area contributed by atoms with Gasteiger partial charge in [-0.1, -0.05) is 26.0 Å². The van der Waals surface area contributed by atoms with Crippen molar-refractivity contribution >= 4 is 40.7 Å². The number of nitrogens with zero attached hydrogens (tertiary/aromatic N) is 1. The van der Waals surface area contributed by atoms with E-state index in [1.54, 1.807) is 24.3 Å². The van der Waals surface area contributed by atoms with E-state index < -0.39 is 23.6 Å². The number of nitrogens with one attached hydrogen (secondary N) is 2. The van der Waals surface area contributed by atoms with Crippen LogP contribution in [0.3, 0.4) is 0 Å². The molecule has 0 saturated carbocycles. The number of hydrogen-bond donors (Lipinski definition) is 2. The Morgan fingerprint density at radius 2 is 1.97 bits per heavy atom. The molecule has 8 nitrogen and oxygen atoms in total. The van der Waals surface area contributed by atoms with Crippen molar-refractivity contribution in [3.63, 3.8) is 0 Å². The zero-order valence-electron chi connectivity index (χ0n) is 17.8. The molecule has 1 fully saturated rings.